The lowest BCUT2D eigenvalue weighted by Gasteiger charge is -2.26. The Hall–Kier alpha value is -1.92. The summed E-state index contributed by atoms with van der Waals surface area (Å²) in [5.74, 6) is 0.797. The van der Waals surface area contributed by atoms with Gasteiger partial charge in [0.05, 0.1) is 10.9 Å². The molecule has 1 saturated carbocycles. The molecule has 24 heavy (non-hydrogen) atoms. The second-order valence-electron chi connectivity index (χ2n) is 6.54. The molecular formula is C18H20N2O3S. The number of hydrogen-bond acceptors (Lipinski definition) is 4. The van der Waals surface area contributed by atoms with Crippen molar-refractivity contribution in [1.82, 2.24) is 9.29 Å². The van der Waals surface area contributed by atoms with Gasteiger partial charge in [0.25, 0.3) is 0 Å². The average Bonchev–Trinajstić information content (AvgIpc) is 3.13. The van der Waals surface area contributed by atoms with Crippen LogP contribution in [-0.2, 0) is 10.0 Å². The molecule has 6 heteroatoms. The van der Waals surface area contributed by atoms with Crippen molar-refractivity contribution in [1.29, 1.82) is 0 Å². The van der Waals surface area contributed by atoms with Gasteiger partial charge < -0.3 is 4.74 Å². The summed E-state index contributed by atoms with van der Waals surface area (Å²) in [7, 11) is -3.48. The van der Waals surface area contributed by atoms with Crippen LogP contribution in [0.25, 0.3) is 0 Å². The van der Waals surface area contributed by atoms with E-state index in [0.29, 0.717) is 17.3 Å². The van der Waals surface area contributed by atoms with Crippen molar-refractivity contribution in [3.63, 3.8) is 0 Å². The molecule has 1 aliphatic carbocycles. The second-order valence-corrected chi connectivity index (χ2v) is 8.43. The molecule has 2 bridgehead atoms. The largest absolute Gasteiger partial charge is 0.472 e. The molecule has 3 atom stereocenters. The SMILES string of the molecule is Cc1ccc(S(=O)(=O)N2C[C@H]3CC[C@H]2[C@H]3Oc2ccccn2)cc1. The zero-order valence-corrected chi connectivity index (χ0v) is 14.3. The molecule has 2 aromatic rings. The molecule has 4 rings (SSSR count). The third-order valence-corrected chi connectivity index (χ3v) is 6.89. The van der Waals surface area contributed by atoms with Crippen LogP contribution in [0.15, 0.2) is 53.6 Å². The van der Waals surface area contributed by atoms with Crippen molar-refractivity contribution < 1.29 is 13.2 Å². The van der Waals surface area contributed by atoms with Crippen LogP contribution in [0, 0.1) is 12.8 Å². The van der Waals surface area contributed by atoms with Gasteiger partial charge in [0.1, 0.15) is 6.10 Å². The third-order valence-electron chi connectivity index (χ3n) is 4.98. The Morgan fingerprint density at radius 2 is 1.92 bits per heavy atom. The Morgan fingerprint density at radius 3 is 2.62 bits per heavy atom. The number of piperidine rings is 1. The summed E-state index contributed by atoms with van der Waals surface area (Å²) >= 11 is 0. The van der Waals surface area contributed by atoms with Gasteiger partial charge in [-0.25, -0.2) is 13.4 Å². The number of aryl methyl sites for hydroxylation is 1. The van der Waals surface area contributed by atoms with Crippen LogP contribution in [-0.4, -0.2) is 36.4 Å². The fourth-order valence-corrected chi connectivity index (χ4v) is 5.47. The van der Waals surface area contributed by atoms with Gasteiger partial charge in [0, 0.05) is 24.7 Å². The highest BCUT2D eigenvalue weighted by atomic mass is 32.2. The molecule has 5 nitrogen and oxygen atoms in total. The van der Waals surface area contributed by atoms with Gasteiger partial charge in [-0.2, -0.15) is 4.31 Å². The summed E-state index contributed by atoms with van der Waals surface area (Å²) in [6.07, 6.45) is 3.42. The van der Waals surface area contributed by atoms with Gasteiger partial charge in [0.15, 0.2) is 0 Å². The summed E-state index contributed by atoms with van der Waals surface area (Å²) < 4.78 is 33.6. The van der Waals surface area contributed by atoms with Gasteiger partial charge in [-0.05, 0) is 38.0 Å². The topological polar surface area (TPSA) is 59.5 Å². The number of fused-ring (bicyclic) bond motifs is 2. The summed E-state index contributed by atoms with van der Waals surface area (Å²) in [4.78, 5) is 4.56. The zero-order chi connectivity index (χ0) is 16.7. The van der Waals surface area contributed by atoms with Crippen molar-refractivity contribution in [2.75, 3.05) is 6.54 Å². The predicted molar refractivity (Wildman–Crippen MR) is 90.2 cm³/mol. The summed E-state index contributed by atoms with van der Waals surface area (Å²) in [5.41, 5.74) is 1.05. The first-order valence-corrected chi connectivity index (χ1v) is 9.66. The number of nitrogens with zero attached hydrogens (tertiary/aromatic N) is 2. The maximum Gasteiger partial charge on any atom is 0.243 e. The summed E-state index contributed by atoms with van der Waals surface area (Å²) in [6, 6.07) is 12.5. The highest BCUT2D eigenvalue weighted by molar-refractivity contribution is 7.89. The van der Waals surface area contributed by atoms with Gasteiger partial charge in [-0.1, -0.05) is 23.8 Å². The van der Waals surface area contributed by atoms with E-state index in [-0.39, 0.29) is 18.1 Å². The smallest absolute Gasteiger partial charge is 0.243 e. The fraction of sp³-hybridized carbons (Fsp3) is 0.389. The van der Waals surface area contributed by atoms with Gasteiger partial charge in [-0.3, -0.25) is 0 Å². The maximum atomic E-state index is 13.0. The summed E-state index contributed by atoms with van der Waals surface area (Å²) in [6.45, 7) is 2.48. The van der Waals surface area contributed by atoms with Crippen molar-refractivity contribution in [3.8, 4) is 5.88 Å². The molecule has 1 saturated heterocycles. The minimum Gasteiger partial charge on any atom is -0.472 e. The standard InChI is InChI=1S/C18H20N2O3S/c1-13-5-8-15(9-6-13)24(21,22)20-12-14-7-10-16(20)18(14)23-17-4-2-3-11-19-17/h2-6,8-9,11,14,16,18H,7,10,12H2,1H3/t14-,16+,18+/m1/s1. The van der Waals surface area contributed by atoms with E-state index in [0.717, 1.165) is 18.4 Å². The Labute approximate surface area is 142 Å². The lowest BCUT2D eigenvalue weighted by atomic mass is 10.1. The van der Waals surface area contributed by atoms with E-state index >= 15 is 0 Å². The Morgan fingerprint density at radius 1 is 1.12 bits per heavy atom. The number of aromatic nitrogens is 1. The van der Waals surface area contributed by atoms with Crippen LogP contribution >= 0.6 is 0 Å². The van der Waals surface area contributed by atoms with Gasteiger partial charge in [0.2, 0.25) is 15.9 Å². The lowest BCUT2D eigenvalue weighted by molar-refractivity contribution is 0.161. The second kappa shape index (κ2) is 5.86. The molecule has 1 aromatic carbocycles. The van der Waals surface area contributed by atoms with Gasteiger partial charge >= 0.3 is 0 Å². The predicted octanol–water partition coefficient (Wildman–Crippen LogP) is 2.62. The molecule has 0 unspecified atom stereocenters. The monoisotopic (exact) mass is 344 g/mol. The molecule has 2 fully saturated rings. The van der Waals surface area contributed by atoms with Crippen LogP contribution in [0.5, 0.6) is 5.88 Å². The van der Waals surface area contributed by atoms with E-state index in [9.17, 15) is 8.42 Å². The highest BCUT2D eigenvalue weighted by Crippen LogP contribution is 2.42. The van der Waals surface area contributed by atoms with Crippen molar-refractivity contribution >= 4 is 10.0 Å². The van der Waals surface area contributed by atoms with Crippen LogP contribution in [0.3, 0.4) is 0 Å². The first kappa shape index (κ1) is 15.6. The number of pyridine rings is 1. The quantitative estimate of drug-likeness (QED) is 0.855. The van der Waals surface area contributed by atoms with Crippen LogP contribution in [0.2, 0.25) is 0 Å². The lowest BCUT2D eigenvalue weighted by Crippen LogP contribution is -2.40. The molecule has 0 radical (unpaired) electrons. The highest BCUT2D eigenvalue weighted by Gasteiger charge is 2.53. The van der Waals surface area contributed by atoms with Crippen molar-refractivity contribution in [2.24, 2.45) is 5.92 Å². The Kier molecular flexibility index (Phi) is 3.81. The number of benzene rings is 1. The molecule has 0 N–H and O–H groups in total. The maximum absolute atomic E-state index is 13.0. The Balaban J connectivity index is 1.59. The number of rotatable bonds is 4. The minimum absolute atomic E-state index is 0.108. The van der Waals surface area contributed by atoms with Gasteiger partial charge in [-0.15, -0.1) is 0 Å². The first-order chi connectivity index (χ1) is 11.6. The summed E-state index contributed by atoms with van der Waals surface area (Å²) in [5, 5.41) is 0. The van der Waals surface area contributed by atoms with Crippen LogP contribution < -0.4 is 4.74 Å². The molecule has 2 heterocycles. The number of ether oxygens (including phenoxy) is 1. The zero-order valence-electron chi connectivity index (χ0n) is 13.5. The molecule has 126 valence electrons. The number of hydrogen-bond donors (Lipinski definition) is 0. The molecule has 2 aliphatic rings. The molecule has 0 amide bonds. The fourth-order valence-electron chi connectivity index (χ4n) is 3.75. The number of sulfonamides is 1. The van der Waals surface area contributed by atoms with E-state index in [1.54, 1.807) is 22.6 Å². The van der Waals surface area contributed by atoms with Crippen LogP contribution in [0.4, 0.5) is 0 Å². The minimum atomic E-state index is -3.48. The van der Waals surface area contributed by atoms with E-state index in [4.69, 9.17) is 4.74 Å². The van der Waals surface area contributed by atoms with Crippen LogP contribution in [0.1, 0.15) is 18.4 Å². The van der Waals surface area contributed by atoms with Crippen molar-refractivity contribution in [2.45, 2.75) is 36.8 Å². The average molecular weight is 344 g/mol. The third kappa shape index (κ3) is 2.59. The van der Waals surface area contributed by atoms with E-state index in [2.05, 4.69) is 4.98 Å². The van der Waals surface area contributed by atoms with E-state index in [1.807, 2.05) is 37.3 Å². The van der Waals surface area contributed by atoms with Crippen molar-refractivity contribution in [3.05, 3.63) is 54.2 Å². The van der Waals surface area contributed by atoms with E-state index < -0.39 is 10.0 Å². The molecule has 1 aliphatic heterocycles. The Bertz CT molecular complexity index is 821. The molecule has 0 spiro atoms. The molecule has 1 aromatic heterocycles. The van der Waals surface area contributed by atoms with E-state index in [1.165, 1.54) is 0 Å². The first-order valence-electron chi connectivity index (χ1n) is 8.22. The molecular weight excluding hydrogens is 324 g/mol. The normalized spacial score (nSPS) is 26.6.